The van der Waals surface area contributed by atoms with Crippen molar-refractivity contribution in [2.45, 2.75) is 52.5 Å². The second-order valence-corrected chi connectivity index (χ2v) is 4.76. The third-order valence-corrected chi connectivity index (χ3v) is 3.43. The van der Waals surface area contributed by atoms with Gasteiger partial charge in [0.1, 0.15) is 0 Å². The minimum Gasteiger partial charge on any atom is -0.298 e. The molecule has 0 fully saturated rings. The molecule has 0 rings (SSSR count). The van der Waals surface area contributed by atoms with Gasteiger partial charge in [-0.2, -0.15) is 0 Å². The molecule has 0 atom stereocenters. The molecule has 0 amide bonds. The highest BCUT2D eigenvalue weighted by Crippen LogP contribution is 2.20. The van der Waals surface area contributed by atoms with Crippen LogP contribution in [0.25, 0.3) is 0 Å². The van der Waals surface area contributed by atoms with Gasteiger partial charge in [0.05, 0.1) is 5.54 Å². The van der Waals surface area contributed by atoms with Crippen LogP contribution in [0.2, 0.25) is 0 Å². The summed E-state index contributed by atoms with van der Waals surface area (Å²) in [6, 6.07) is 0. The van der Waals surface area contributed by atoms with Crippen molar-refractivity contribution in [2.75, 3.05) is 14.1 Å². The highest BCUT2D eigenvalue weighted by Gasteiger charge is 2.30. The number of ketones is 1. The fourth-order valence-electron chi connectivity index (χ4n) is 1.34. The van der Waals surface area contributed by atoms with Crippen LogP contribution in [0, 0.1) is 5.92 Å². The molecule has 14 heavy (non-hydrogen) atoms. The molecule has 0 bridgehead atoms. The Hall–Kier alpha value is -0.370. The van der Waals surface area contributed by atoms with Gasteiger partial charge in [-0.25, -0.2) is 0 Å². The van der Waals surface area contributed by atoms with Gasteiger partial charge in [0.15, 0.2) is 5.78 Å². The zero-order chi connectivity index (χ0) is 11.4. The van der Waals surface area contributed by atoms with E-state index in [2.05, 4.69) is 13.8 Å². The summed E-state index contributed by atoms with van der Waals surface area (Å²) in [6.07, 6.45) is 2.93. The number of nitrogens with zero attached hydrogens (tertiary/aromatic N) is 1. The van der Waals surface area contributed by atoms with E-state index < -0.39 is 0 Å². The topological polar surface area (TPSA) is 20.3 Å². The molecule has 0 saturated heterocycles. The van der Waals surface area contributed by atoms with Crippen LogP contribution in [-0.2, 0) is 4.79 Å². The van der Waals surface area contributed by atoms with Gasteiger partial charge in [-0.15, -0.1) is 0 Å². The van der Waals surface area contributed by atoms with Crippen LogP contribution >= 0.6 is 0 Å². The first kappa shape index (κ1) is 13.6. The number of carbonyl (C=O) groups is 1. The van der Waals surface area contributed by atoms with Gasteiger partial charge >= 0.3 is 0 Å². The minimum absolute atomic E-state index is 0.317. The van der Waals surface area contributed by atoms with E-state index in [-0.39, 0.29) is 5.54 Å². The molecule has 0 heterocycles. The first-order valence-electron chi connectivity index (χ1n) is 5.56. The van der Waals surface area contributed by atoms with E-state index in [0.717, 1.165) is 19.3 Å². The summed E-state index contributed by atoms with van der Waals surface area (Å²) in [5.74, 6) is 0.915. The Bertz CT molecular complexity index is 181. The number of rotatable bonds is 6. The molecule has 2 heteroatoms. The van der Waals surface area contributed by atoms with E-state index in [1.807, 2.05) is 32.8 Å². The number of likely N-dealkylation sites (N-methyl/N-ethyl adjacent to an activating group) is 1. The predicted octanol–water partition coefficient (Wildman–Crippen LogP) is 2.72. The lowest BCUT2D eigenvalue weighted by Gasteiger charge is -2.32. The highest BCUT2D eigenvalue weighted by molar-refractivity contribution is 5.87. The molecule has 0 unspecified atom stereocenters. The van der Waals surface area contributed by atoms with Crippen molar-refractivity contribution in [1.82, 2.24) is 4.90 Å². The molecule has 0 radical (unpaired) electrons. The first-order valence-corrected chi connectivity index (χ1v) is 5.56. The van der Waals surface area contributed by atoms with E-state index >= 15 is 0 Å². The summed E-state index contributed by atoms with van der Waals surface area (Å²) in [5.41, 5.74) is -0.317. The normalized spacial score (nSPS) is 12.6. The van der Waals surface area contributed by atoms with E-state index in [1.165, 1.54) is 0 Å². The molecule has 0 N–H and O–H groups in total. The summed E-state index contributed by atoms with van der Waals surface area (Å²) in [6.45, 7) is 8.31. The largest absolute Gasteiger partial charge is 0.298 e. The summed E-state index contributed by atoms with van der Waals surface area (Å²) in [7, 11) is 3.93. The van der Waals surface area contributed by atoms with Gasteiger partial charge in [-0.3, -0.25) is 9.69 Å². The standard InChI is InChI=1S/C12H25NO/c1-7-10(8-2)9-11(14)12(3,4)13(5)6/h10H,7-9H2,1-6H3. The lowest BCUT2D eigenvalue weighted by atomic mass is 9.87. The fourth-order valence-corrected chi connectivity index (χ4v) is 1.34. The van der Waals surface area contributed by atoms with Crippen molar-refractivity contribution in [2.24, 2.45) is 5.92 Å². The van der Waals surface area contributed by atoms with Crippen LogP contribution < -0.4 is 0 Å². The molecule has 0 aliphatic heterocycles. The Morgan fingerprint density at radius 3 is 1.93 bits per heavy atom. The van der Waals surface area contributed by atoms with Crippen molar-refractivity contribution in [1.29, 1.82) is 0 Å². The average Bonchev–Trinajstić information content (AvgIpc) is 2.13. The maximum Gasteiger partial charge on any atom is 0.152 e. The number of carbonyl (C=O) groups excluding carboxylic acids is 1. The molecular formula is C12H25NO. The van der Waals surface area contributed by atoms with Gasteiger partial charge in [0.25, 0.3) is 0 Å². The van der Waals surface area contributed by atoms with Crippen molar-refractivity contribution in [3.63, 3.8) is 0 Å². The number of hydrogen-bond donors (Lipinski definition) is 0. The van der Waals surface area contributed by atoms with Crippen molar-refractivity contribution in [3.8, 4) is 0 Å². The molecular weight excluding hydrogens is 174 g/mol. The zero-order valence-corrected chi connectivity index (χ0v) is 10.6. The molecule has 84 valence electrons. The summed E-state index contributed by atoms with van der Waals surface area (Å²) >= 11 is 0. The SMILES string of the molecule is CCC(CC)CC(=O)C(C)(C)N(C)C. The summed E-state index contributed by atoms with van der Waals surface area (Å²) in [5, 5.41) is 0. The molecule has 0 aromatic heterocycles. The van der Waals surface area contributed by atoms with Crippen LogP contribution in [0.3, 0.4) is 0 Å². The molecule has 2 nitrogen and oxygen atoms in total. The lowest BCUT2D eigenvalue weighted by molar-refractivity contribution is -0.129. The maximum absolute atomic E-state index is 12.0. The van der Waals surface area contributed by atoms with Crippen molar-refractivity contribution < 1.29 is 4.79 Å². The Balaban J connectivity index is 4.33. The van der Waals surface area contributed by atoms with Crippen molar-refractivity contribution >= 4 is 5.78 Å². The Morgan fingerprint density at radius 2 is 1.64 bits per heavy atom. The predicted molar refractivity (Wildman–Crippen MR) is 61.5 cm³/mol. The maximum atomic E-state index is 12.0. The van der Waals surface area contributed by atoms with Gasteiger partial charge in [-0.1, -0.05) is 26.7 Å². The first-order chi connectivity index (χ1) is 6.36. The Labute approximate surface area is 88.7 Å². The van der Waals surface area contributed by atoms with Crippen LogP contribution in [0.4, 0.5) is 0 Å². The van der Waals surface area contributed by atoms with Crippen LogP contribution in [0.1, 0.15) is 47.0 Å². The molecule has 0 aromatic carbocycles. The van der Waals surface area contributed by atoms with Crippen LogP contribution in [-0.4, -0.2) is 30.3 Å². The Kier molecular flexibility index (Phi) is 5.35. The third-order valence-electron chi connectivity index (χ3n) is 3.43. The molecule has 0 saturated carbocycles. The zero-order valence-electron chi connectivity index (χ0n) is 10.6. The number of hydrogen-bond acceptors (Lipinski definition) is 2. The van der Waals surface area contributed by atoms with Gasteiger partial charge < -0.3 is 0 Å². The van der Waals surface area contributed by atoms with Crippen molar-refractivity contribution in [3.05, 3.63) is 0 Å². The van der Waals surface area contributed by atoms with E-state index in [4.69, 9.17) is 0 Å². The van der Waals surface area contributed by atoms with E-state index in [1.54, 1.807) is 0 Å². The highest BCUT2D eigenvalue weighted by atomic mass is 16.1. The summed E-state index contributed by atoms with van der Waals surface area (Å²) in [4.78, 5) is 14.0. The number of Topliss-reactive ketones (excluding diaryl/α,β-unsaturated/α-hetero) is 1. The molecule has 0 aromatic rings. The molecule has 0 aliphatic carbocycles. The van der Waals surface area contributed by atoms with Gasteiger partial charge in [-0.05, 0) is 33.9 Å². The quantitative estimate of drug-likeness (QED) is 0.655. The van der Waals surface area contributed by atoms with Crippen LogP contribution in [0.15, 0.2) is 0 Å². The second kappa shape index (κ2) is 5.50. The summed E-state index contributed by atoms with van der Waals surface area (Å²) < 4.78 is 0. The van der Waals surface area contributed by atoms with E-state index in [0.29, 0.717) is 11.7 Å². The minimum atomic E-state index is -0.317. The monoisotopic (exact) mass is 199 g/mol. The second-order valence-electron chi connectivity index (χ2n) is 4.76. The Morgan fingerprint density at radius 1 is 1.21 bits per heavy atom. The molecule has 0 aliphatic rings. The lowest BCUT2D eigenvalue weighted by Crippen LogP contribution is -2.46. The van der Waals surface area contributed by atoms with E-state index in [9.17, 15) is 4.79 Å². The van der Waals surface area contributed by atoms with Gasteiger partial charge in [0, 0.05) is 6.42 Å². The van der Waals surface area contributed by atoms with Gasteiger partial charge in [0.2, 0.25) is 0 Å². The average molecular weight is 199 g/mol. The smallest absolute Gasteiger partial charge is 0.152 e. The molecule has 0 spiro atoms. The fraction of sp³-hybridized carbons (Fsp3) is 0.917. The van der Waals surface area contributed by atoms with Crippen LogP contribution in [0.5, 0.6) is 0 Å². The third kappa shape index (κ3) is 3.41.